The summed E-state index contributed by atoms with van der Waals surface area (Å²) in [5.41, 5.74) is 12.4. The molecule has 0 aliphatic heterocycles. The monoisotopic (exact) mass is 224 g/mol. The molecule has 0 heterocycles. The lowest BCUT2D eigenvalue weighted by molar-refractivity contribution is -0.147. The minimum atomic E-state index is -0.544. The molecule has 0 aromatic carbocycles. The maximum atomic E-state index is 10.6. The van der Waals surface area contributed by atoms with E-state index in [1.165, 1.54) is 6.42 Å². The van der Waals surface area contributed by atoms with Crippen LogP contribution in [0, 0.1) is 23.2 Å². The number of rotatable bonds is 0. The summed E-state index contributed by atoms with van der Waals surface area (Å²) < 4.78 is 0. The number of hydrogen-bond acceptors (Lipinski definition) is 3. The van der Waals surface area contributed by atoms with Crippen molar-refractivity contribution in [2.45, 2.75) is 57.2 Å². The third-order valence-electron chi connectivity index (χ3n) is 6.18. The number of nitrogens with two attached hydrogens (primary N) is 2. The highest BCUT2D eigenvalue weighted by Gasteiger charge is 2.66. The van der Waals surface area contributed by atoms with Crippen LogP contribution in [0.4, 0.5) is 0 Å². The molecule has 0 saturated heterocycles. The Kier molecular flexibility index (Phi) is 2.07. The van der Waals surface area contributed by atoms with Crippen LogP contribution in [0.5, 0.6) is 0 Å². The average Bonchev–Trinajstić information content (AvgIpc) is 2.33. The number of aliphatic hydroxyl groups is 1. The molecule has 0 amide bonds. The Morgan fingerprint density at radius 3 is 2.62 bits per heavy atom. The van der Waals surface area contributed by atoms with Gasteiger partial charge in [-0.3, -0.25) is 0 Å². The summed E-state index contributed by atoms with van der Waals surface area (Å²) >= 11 is 0. The molecular formula is C13H24N2O. The smallest absolute Gasteiger partial charge is 0.0771 e. The highest BCUT2D eigenvalue weighted by Crippen LogP contribution is 2.62. The van der Waals surface area contributed by atoms with Crippen LogP contribution in [-0.2, 0) is 0 Å². The van der Waals surface area contributed by atoms with Crippen LogP contribution in [0.1, 0.15) is 39.5 Å². The van der Waals surface area contributed by atoms with Crippen LogP contribution in [0.25, 0.3) is 0 Å². The van der Waals surface area contributed by atoms with Gasteiger partial charge in [0.25, 0.3) is 0 Å². The number of aliphatic hydroxyl groups excluding tert-OH is 1. The first kappa shape index (κ1) is 11.0. The lowest BCUT2D eigenvalue weighted by Crippen LogP contribution is -2.76. The Bertz CT molecular complexity index is 321. The fraction of sp³-hybridized carbons (Fsp3) is 1.00. The van der Waals surface area contributed by atoms with Gasteiger partial charge in [-0.15, -0.1) is 0 Å². The normalized spacial score (nSPS) is 64.7. The summed E-state index contributed by atoms with van der Waals surface area (Å²) in [4.78, 5) is 0. The van der Waals surface area contributed by atoms with Crippen LogP contribution in [0.3, 0.4) is 0 Å². The molecule has 3 nitrogen and oxygen atoms in total. The third kappa shape index (κ3) is 1.00. The fourth-order valence-corrected chi connectivity index (χ4v) is 5.03. The van der Waals surface area contributed by atoms with Crippen LogP contribution in [0.2, 0.25) is 0 Å². The second-order valence-electron chi connectivity index (χ2n) is 6.83. The topological polar surface area (TPSA) is 72.3 Å². The fourth-order valence-electron chi connectivity index (χ4n) is 5.03. The Morgan fingerprint density at radius 2 is 2.00 bits per heavy atom. The second-order valence-corrected chi connectivity index (χ2v) is 6.83. The van der Waals surface area contributed by atoms with E-state index in [4.69, 9.17) is 11.5 Å². The van der Waals surface area contributed by atoms with Gasteiger partial charge in [0.2, 0.25) is 0 Å². The first-order valence-electron chi connectivity index (χ1n) is 6.63. The molecule has 5 saturated carbocycles. The SMILES string of the molecule is CC1CC(N)C2(N)C(O)C3CCC2(C)CC13. The summed E-state index contributed by atoms with van der Waals surface area (Å²) in [7, 11) is 0. The van der Waals surface area contributed by atoms with E-state index in [2.05, 4.69) is 13.8 Å². The molecular weight excluding hydrogens is 200 g/mol. The van der Waals surface area contributed by atoms with Gasteiger partial charge in [0.05, 0.1) is 11.6 Å². The molecule has 3 heteroatoms. The molecule has 5 fully saturated rings. The van der Waals surface area contributed by atoms with E-state index < -0.39 is 5.54 Å². The van der Waals surface area contributed by atoms with E-state index in [-0.39, 0.29) is 17.6 Å². The summed E-state index contributed by atoms with van der Waals surface area (Å²) in [5.74, 6) is 1.65. The molecule has 0 radical (unpaired) electrons. The maximum absolute atomic E-state index is 10.6. The number of hydrogen-bond donors (Lipinski definition) is 3. The summed E-state index contributed by atoms with van der Waals surface area (Å²) in [6.07, 6.45) is 4.04. The molecule has 4 bridgehead atoms. The quantitative estimate of drug-likeness (QED) is 0.571. The predicted octanol–water partition coefficient (Wildman–Crippen LogP) is 0.848. The van der Waals surface area contributed by atoms with Gasteiger partial charge < -0.3 is 16.6 Å². The Hall–Kier alpha value is -0.120. The van der Waals surface area contributed by atoms with E-state index in [9.17, 15) is 5.11 Å². The van der Waals surface area contributed by atoms with Gasteiger partial charge in [-0.1, -0.05) is 13.8 Å². The van der Waals surface area contributed by atoms with E-state index in [1.807, 2.05) is 0 Å². The average molecular weight is 224 g/mol. The van der Waals surface area contributed by atoms with Gasteiger partial charge in [0, 0.05) is 6.04 Å². The van der Waals surface area contributed by atoms with Crippen LogP contribution in [0.15, 0.2) is 0 Å². The lowest BCUT2D eigenvalue weighted by Gasteiger charge is -2.62. The number of fused-ring (bicyclic) bond motifs is 3. The van der Waals surface area contributed by atoms with Crippen molar-refractivity contribution >= 4 is 0 Å². The first-order valence-corrected chi connectivity index (χ1v) is 6.63. The van der Waals surface area contributed by atoms with Gasteiger partial charge in [-0.25, -0.2) is 0 Å². The third-order valence-corrected chi connectivity index (χ3v) is 6.18. The molecule has 5 N–H and O–H groups in total. The molecule has 0 spiro atoms. The van der Waals surface area contributed by atoms with Gasteiger partial charge in [-0.2, -0.15) is 0 Å². The van der Waals surface area contributed by atoms with Gasteiger partial charge >= 0.3 is 0 Å². The molecule has 5 aliphatic rings. The Morgan fingerprint density at radius 1 is 1.31 bits per heavy atom. The molecule has 7 atom stereocenters. The molecule has 0 aromatic heterocycles. The van der Waals surface area contributed by atoms with E-state index >= 15 is 0 Å². The minimum absolute atomic E-state index is 0.0437. The van der Waals surface area contributed by atoms with E-state index in [0.717, 1.165) is 19.3 Å². The van der Waals surface area contributed by atoms with E-state index in [1.54, 1.807) is 0 Å². The zero-order chi connectivity index (χ0) is 11.7. The molecule has 7 unspecified atom stereocenters. The van der Waals surface area contributed by atoms with Crippen molar-refractivity contribution in [3.63, 3.8) is 0 Å². The largest absolute Gasteiger partial charge is 0.391 e. The second kappa shape index (κ2) is 3.01. The van der Waals surface area contributed by atoms with Crippen molar-refractivity contribution in [1.29, 1.82) is 0 Å². The van der Waals surface area contributed by atoms with Crippen LogP contribution < -0.4 is 11.5 Å². The Labute approximate surface area is 97.6 Å². The lowest BCUT2D eigenvalue weighted by atomic mass is 9.47. The molecule has 0 aromatic rings. The van der Waals surface area contributed by atoms with Crippen molar-refractivity contribution < 1.29 is 5.11 Å². The molecule has 16 heavy (non-hydrogen) atoms. The van der Waals surface area contributed by atoms with Crippen molar-refractivity contribution in [1.82, 2.24) is 0 Å². The van der Waals surface area contributed by atoms with Crippen molar-refractivity contribution in [2.75, 3.05) is 0 Å². The maximum Gasteiger partial charge on any atom is 0.0771 e. The Balaban J connectivity index is 2.14. The van der Waals surface area contributed by atoms with Crippen molar-refractivity contribution in [3.05, 3.63) is 0 Å². The van der Waals surface area contributed by atoms with Gasteiger partial charge in [0.1, 0.15) is 0 Å². The zero-order valence-corrected chi connectivity index (χ0v) is 10.3. The van der Waals surface area contributed by atoms with Gasteiger partial charge in [0.15, 0.2) is 0 Å². The zero-order valence-electron chi connectivity index (χ0n) is 10.3. The summed E-state index contributed by atoms with van der Waals surface area (Å²) in [5, 5.41) is 10.6. The van der Waals surface area contributed by atoms with Crippen molar-refractivity contribution in [3.8, 4) is 0 Å². The summed E-state index contributed by atoms with van der Waals surface area (Å²) in [6.45, 7) is 4.53. The highest BCUT2D eigenvalue weighted by atomic mass is 16.3. The van der Waals surface area contributed by atoms with Crippen molar-refractivity contribution in [2.24, 2.45) is 34.6 Å². The highest BCUT2D eigenvalue weighted by molar-refractivity contribution is 5.22. The standard InChI is InChI=1S/C13H24N2O/c1-7-5-10(14)13(15)11(16)8-3-4-12(13,2)6-9(7)8/h7-11,16H,3-6,14-15H2,1-2H3. The predicted molar refractivity (Wildman–Crippen MR) is 63.6 cm³/mol. The van der Waals surface area contributed by atoms with E-state index in [0.29, 0.717) is 17.8 Å². The first-order chi connectivity index (χ1) is 7.40. The minimum Gasteiger partial charge on any atom is -0.391 e. The summed E-state index contributed by atoms with van der Waals surface area (Å²) in [6, 6.07) is -0.0437. The molecule has 92 valence electrons. The van der Waals surface area contributed by atoms with Crippen LogP contribution in [-0.4, -0.2) is 22.8 Å². The van der Waals surface area contributed by atoms with Crippen LogP contribution >= 0.6 is 0 Å². The van der Waals surface area contributed by atoms with Gasteiger partial charge in [-0.05, 0) is 48.9 Å². The molecule has 5 rings (SSSR count). The molecule has 5 aliphatic carbocycles.